The molecule has 1 atom stereocenters. The van der Waals surface area contributed by atoms with Crippen LogP contribution in [0.1, 0.15) is 37.0 Å². The predicted octanol–water partition coefficient (Wildman–Crippen LogP) is 1.44. The van der Waals surface area contributed by atoms with Crippen LogP contribution in [0, 0.1) is 5.92 Å². The van der Waals surface area contributed by atoms with Crippen molar-refractivity contribution in [2.24, 2.45) is 5.92 Å². The van der Waals surface area contributed by atoms with E-state index in [9.17, 15) is 9.90 Å². The molecular weight excluding hydrogens is 270 g/mol. The Kier molecular flexibility index (Phi) is 5.01. The molecule has 2 heterocycles. The number of carbonyl (C=O) groups is 1. The molecule has 1 aromatic heterocycles. The number of rotatable bonds is 4. The minimum atomic E-state index is -0.419. The monoisotopic (exact) mass is 293 g/mol. The van der Waals surface area contributed by atoms with Crippen LogP contribution in [0.4, 0.5) is 11.5 Å². The van der Waals surface area contributed by atoms with Gasteiger partial charge in [-0.3, -0.25) is 0 Å². The molecule has 1 saturated heterocycles. The molecule has 21 heavy (non-hydrogen) atoms. The number of aliphatic hydroxyl groups excluding tert-OH is 1. The summed E-state index contributed by atoms with van der Waals surface area (Å²) in [6.45, 7) is 5.54. The summed E-state index contributed by atoms with van der Waals surface area (Å²) in [5.74, 6) is 0.647. The number of aromatic nitrogens is 1. The predicted molar refractivity (Wildman–Crippen MR) is 81.2 cm³/mol. The standard InChI is InChI=1S/C15H23N3O3/c1-3-21-15(20)12-8-14(17-9-13(12)16)18-6-4-11(5-7-18)10(2)19/h8-11,19H,3-7,16H2,1-2H3. The van der Waals surface area contributed by atoms with E-state index < -0.39 is 5.97 Å². The van der Waals surface area contributed by atoms with Crippen LogP contribution in [0.2, 0.25) is 0 Å². The molecule has 1 aliphatic rings. The first-order valence-electron chi connectivity index (χ1n) is 7.38. The van der Waals surface area contributed by atoms with Gasteiger partial charge in [-0.1, -0.05) is 0 Å². The van der Waals surface area contributed by atoms with E-state index in [2.05, 4.69) is 9.88 Å². The number of carbonyl (C=O) groups excluding carboxylic acids is 1. The largest absolute Gasteiger partial charge is 0.462 e. The summed E-state index contributed by atoms with van der Waals surface area (Å²) in [4.78, 5) is 18.3. The van der Waals surface area contributed by atoms with E-state index in [1.165, 1.54) is 6.20 Å². The van der Waals surface area contributed by atoms with Crippen molar-refractivity contribution in [2.45, 2.75) is 32.8 Å². The van der Waals surface area contributed by atoms with Gasteiger partial charge >= 0.3 is 5.97 Å². The Morgan fingerprint density at radius 1 is 1.57 bits per heavy atom. The lowest BCUT2D eigenvalue weighted by Crippen LogP contribution is -2.37. The quantitative estimate of drug-likeness (QED) is 0.817. The molecule has 1 aromatic rings. The highest BCUT2D eigenvalue weighted by molar-refractivity contribution is 5.95. The smallest absolute Gasteiger partial charge is 0.340 e. The number of pyridine rings is 1. The first-order chi connectivity index (χ1) is 10.0. The zero-order chi connectivity index (χ0) is 15.4. The van der Waals surface area contributed by atoms with Crippen molar-refractivity contribution in [1.29, 1.82) is 0 Å². The highest BCUT2D eigenvalue weighted by Crippen LogP contribution is 2.26. The summed E-state index contributed by atoms with van der Waals surface area (Å²) in [5.41, 5.74) is 6.49. The molecule has 6 heteroatoms. The minimum Gasteiger partial charge on any atom is -0.462 e. The minimum absolute atomic E-state index is 0.276. The van der Waals surface area contributed by atoms with Gasteiger partial charge in [-0.05, 0) is 38.7 Å². The topological polar surface area (TPSA) is 88.7 Å². The van der Waals surface area contributed by atoms with Gasteiger partial charge in [0.15, 0.2) is 0 Å². The number of nitrogens with two attached hydrogens (primary N) is 1. The molecule has 1 unspecified atom stereocenters. The third-order valence-corrected chi connectivity index (χ3v) is 3.96. The van der Waals surface area contributed by atoms with Gasteiger partial charge in [0.05, 0.1) is 30.2 Å². The van der Waals surface area contributed by atoms with Gasteiger partial charge in [0.1, 0.15) is 5.82 Å². The van der Waals surface area contributed by atoms with Gasteiger partial charge in [0, 0.05) is 13.1 Å². The molecule has 3 N–H and O–H groups in total. The third kappa shape index (κ3) is 3.64. The molecule has 0 spiro atoms. The van der Waals surface area contributed by atoms with Gasteiger partial charge in [-0.2, -0.15) is 0 Å². The lowest BCUT2D eigenvalue weighted by molar-refractivity contribution is 0.0527. The van der Waals surface area contributed by atoms with Crippen LogP contribution in [0.5, 0.6) is 0 Å². The third-order valence-electron chi connectivity index (χ3n) is 3.96. The average Bonchev–Trinajstić information content (AvgIpc) is 2.48. The van der Waals surface area contributed by atoms with Crippen molar-refractivity contribution >= 4 is 17.5 Å². The maximum atomic E-state index is 11.9. The van der Waals surface area contributed by atoms with Crippen molar-refractivity contribution in [2.75, 3.05) is 30.3 Å². The zero-order valence-electron chi connectivity index (χ0n) is 12.6. The molecule has 1 aliphatic heterocycles. The Labute approximate surface area is 124 Å². The number of piperidine rings is 1. The average molecular weight is 293 g/mol. The van der Waals surface area contributed by atoms with E-state index in [0.29, 0.717) is 23.8 Å². The zero-order valence-corrected chi connectivity index (χ0v) is 12.6. The fourth-order valence-corrected chi connectivity index (χ4v) is 2.62. The van der Waals surface area contributed by atoms with Crippen LogP contribution < -0.4 is 10.6 Å². The molecule has 0 aromatic carbocycles. The second-order valence-corrected chi connectivity index (χ2v) is 5.42. The van der Waals surface area contributed by atoms with Crippen molar-refractivity contribution in [3.05, 3.63) is 17.8 Å². The fourth-order valence-electron chi connectivity index (χ4n) is 2.62. The van der Waals surface area contributed by atoms with E-state index >= 15 is 0 Å². The second kappa shape index (κ2) is 6.76. The van der Waals surface area contributed by atoms with Gasteiger partial charge in [-0.25, -0.2) is 9.78 Å². The number of ether oxygens (including phenoxy) is 1. The Balaban J connectivity index is 2.11. The van der Waals surface area contributed by atoms with Gasteiger partial charge in [0.2, 0.25) is 0 Å². The number of anilines is 2. The molecule has 0 aliphatic carbocycles. The van der Waals surface area contributed by atoms with E-state index in [-0.39, 0.29) is 6.10 Å². The number of hydrogen-bond acceptors (Lipinski definition) is 6. The second-order valence-electron chi connectivity index (χ2n) is 5.42. The highest BCUT2D eigenvalue weighted by atomic mass is 16.5. The Hall–Kier alpha value is -1.82. The molecule has 2 rings (SSSR count). The first kappa shape index (κ1) is 15.6. The van der Waals surface area contributed by atoms with Gasteiger partial charge in [0.25, 0.3) is 0 Å². The summed E-state index contributed by atoms with van der Waals surface area (Å²) >= 11 is 0. The first-order valence-corrected chi connectivity index (χ1v) is 7.38. The number of aliphatic hydroxyl groups is 1. The van der Waals surface area contributed by atoms with E-state index in [1.54, 1.807) is 13.0 Å². The Bertz CT molecular complexity index is 497. The molecule has 0 amide bonds. The SMILES string of the molecule is CCOC(=O)c1cc(N2CCC(C(C)O)CC2)ncc1N. The molecule has 1 fully saturated rings. The summed E-state index contributed by atoms with van der Waals surface area (Å²) < 4.78 is 5.00. The molecule has 0 bridgehead atoms. The van der Waals surface area contributed by atoms with Crippen LogP contribution in [-0.2, 0) is 4.74 Å². The van der Waals surface area contributed by atoms with Crippen LogP contribution in [0.3, 0.4) is 0 Å². The van der Waals surface area contributed by atoms with E-state index in [1.807, 2.05) is 6.92 Å². The molecule has 116 valence electrons. The van der Waals surface area contributed by atoms with Crippen molar-refractivity contribution in [1.82, 2.24) is 4.98 Å². The van der Waals surface area contributed by atoms with E-state index in [4.69, 9.17) is 10.5 Å². The highest BCUT2D eigenvalue weighted by Gasteiger charge is 2.24. The van der Waals surface area contributed by atoms with E-state index in [0.717, 1.165) is 31.7 Å². The summed E-state index contributed by atoms with van der Waals surface area (Å²) in [7, 11) is 0. The van der Waals surface area contributed by atoms with Crippen LogP contribution >= 0.6 is 0 Å². The van der Waals surface area contributed by atoms with Crippen molar-refractivity contribution in [3.63, 3.8) is 0 Å². The van der Waals surface area contributed by atoms with Gasteiger partial charge < -0.3 is 20.5 Å². The molecule has 0 saturated carbocycles. The fraction of sp³-hybridized carbons (Fsp3) is 0.600. The number of hydrogen-bond donors (Lipinski definition) is 2. The van der Waals surface area contributed by atoms with Gasteiger partial charge in [-0.15, -0.1) is 0 Å². The van der Waals surface area contributed by atoms with Crippen LogP contribution in [0.25, 0.3) is 0 Å². The maximum Gasteiger partial charge on any atom is 0.340 e. The summed E-state index contributed by atoms with van der Waals surface area (Å²) in [6.07, 6.45) is 3.06. The Morgan fingerprint density at radius 2 is 2.24 bits per heavy atom. The van der Waals surface area contributed by atoms with Crippen molar-refractivity contribution < 1.29 is 14.6 Å². The lowest BCUT2D eigenvalue weighted by atomic mass is 9.92. The maximum absolute atomic E-state index is 11.9. The van der Waals surface area contributed by atoms with Crippen LogP contribution in [-0.4, -0.2) is 41.9 Å². The normalized spacial score (nSPS) is 17.6. The lowest BCUT2D eigenvalue weighted by Gasteiger charge is -2.34. The molecule has 0 radical (unpaired) electrons. The van der Waals surface area contributed by atoms with Crippen molar-refractivity contribution in [3.8, 4) is 0 Å². The molecule has 6 nitrogen and oxygen atoms in total. The van der Waals surface area contributed by atoms with Crippen LogP contribution in [0.15, 0.2) is 12.3 Å². The number of nitrogens with zero attached hydrogens (tertiary/aromatic N) is 2. The number of nitrogen functional groups attached to an aromatic ring is 1. The molecular formula is C15H23N3O3. The Morgan fingerprint density at radius 3 is 2.81 bits per heavy atom. The number of esters is 1. The summed E-state index contributed by atoms with van der Waals surface area (Å²) in [6, 6.07) is 1.69. The summed E-state index contributed by atoms with van der Waals surface area (Å²) in [5, 5.41) is 9.63.